The molecule has 0 unspecified atom stereocenters. The van der Waals surface area contributed by atoms with Gasteiger partial charge in [-0.05, 0) is 43.7 Å². The Kier molecular flexibility index (Phi) is 4.45. The van der Waals surface area contributed by atoms with Crippen molar-refractivity contribution in [2.24, 2.45) is 0 Å². The summed E-state index contributed by atoms with van der Waals surface area (Å²) in [5, 5.41) is 7.34. The van der Waals surface area contributed by atoms with Gasteiger partial charge in [0, 0.05) is 30.2 Å². The first-order valence-electron chi connectivity index (χ1n) is 8.73. The molecule has 1 aliphatic carbocycles. The van der Waals surface area contributed by atoms with E-state index >= 15 is 0 Å². The van der Waals surface area contributed by atoms with Crippen LogP contribution in [0.4, 0.5) is 5.95 Å². The van der Waals surface area contributed by atoms with Crippen molar-refractivity contribution in [2.45, 2.75) is 25.3 Å². The summed E-state index contributed by atoms with van der Waals surface area (Å²) in [6, 6.07) is 8.84. The maximum Gasteiger partial charge on any atom is 0.238 e. The largest absolute Gasteiger partial charge is 0.367 e. The van der Waals surface area contributed by atoms with Gasteiger partial charge in [-0.2, -0.15) is 0 Å². The molecule has 1 fully saturated rings. The van der Waals surface area contributed by atoms with Gasteiger partial charge in [0.15, 0.2) is 0 Å². The van der Waals surface area contributed by atoms with E-state index in [4.69, 9.17) is 5.73 Å². The summed E-state index contributed by atoms with van der Waals surface area (Å²) in [5.41, 5.74) is 10.3. The van der Waals surface area contributed by atoms with Crippen LogP contribution < -0.4 is 11.1 Å². The smallest absolute Gasteiger partial charge is 0.238 e. The maximum atomic E-state index is 5.58. The second-order valence-corrected chi connectivity index (χ2v) is 6.35. The molecule has 0 spiro atoms. The molecular weight excluding hydrogens is 326 g/mol. The molecule has 3 N–H and O–H groups in total. The molecule has 7 heteroatoms. The third-order valence-corrected chi connectivity index (χ3v) is 4.73. The number of nitrogen functional groups attached to an aromatic ring is 1. The van der Waals surface area contributed by atoms with E-state index in [1.165, 1.54) is 19.3 Å². The molecule has 1 aromatic carbocycles. The van der Waals surface area contributed by atoms with Crippen LogP contribution in [0.25, 0.3) is 27.7 Å². The van der Waals surface area contributed by atoms with E-state index in [2.05, 4.69) is 25.4 Å². The van der Waals surface area contributed by atoms with Crippen molar-refractivity contribution in [3.63, 3.8) is 0 Å². The molecule has 5 rings (SSSR count). The molecular formula is C19H21N7. The Hall–Kier alpha value is -3.06. The lowest BCUT2D eigenvalue weighted by Gasteiger charge is -2.23. The minimum atomic E-state index is 0.254. The van der Waals surface area contributed by atoms with E-state index in [1.807, 2.05) is 37.5 Å². The first kappa shape index (κ1) is 16.4. The number of nitrogens with zero attached hydrogens (tertiary/aromatic N) is 5. The number of hydrogen-bond donors (Lipinski definition) is 2. The maximum absolute atomic E-state index is 5.58. The Balaban J connectivity index is 0.000000240. The predicted molar refractivity (Wildman–Crippen MR) is 103 cm³/mol. The summed E-state index contributed by atoms with van der Waals surface area (Å²) >= 11 is 0. The molecule has 3 aromatic heterocycles. The zero-order valence-corrected chi connectivity index (χ0v) is 14.6. The van der Waals surface area contributed by atoms with Gasteiger partial charge in [0.05, 0.1) is 22.7 Å². The zero-order valence-electron chi connectivity index (χ0n) is 14.6. The fourth-order valence-electron chi connectivity index (χ4n) is 2.99. The van der Waals surface area contributed by atoms with Crippen molar-refractivity contribution in [3.05, 3.63) is 49.1 Å². The van der Waals surface area contributed by atoms with E-state index < -0.39 is 0 Å². The SMILES string of the molecule is CNC1CCC1.Nc1ncc2c(-c3ccc4nccnc4c3)ccn2n1. The van der Waals surface area contributed by atoms with Crippen molar-refractivity contribution >= 4 is 22.5 Å². The van der Waals surface area contributed by atoms with Crippen LogP contribution in [-0.2, 0) is 0 Å². The number of hydrogen-bond acceptors (Lipinski definition) is 6. The standard InChI is InChI=1S/C14H10N6.C5H11N/c15-14-18-8-13-10(3-6-20(13)19-14)9-1-2-11-12(7-9)17-5-4-16-11;1-6-5-3-2-4-5/h1-8H,(H2,15,19);5-6H,2-4H2,1H3. The Bertz CT molecular complexity index is 1030. The van der Waals surface area contributed by atoms with E-state index in [1.54, 1.807) is 23.1 Å². The Labute approximate surface area is 151 Å². The summed E-state index contributed by atoms with van der Waals surface area (Å²) in [4.78, 5) is 12.6. The lowest BCUT2D eigenvalue weighted by molar-refractivity contribution is 0.361. The highest BCUT2D eigenvalue weighted by atomic mass is 15.3. The number of aromatic nitrogens is 5. The average Bonchev–Trinajstić information content (AvgIpc) is 3.04. The molecule has 26 heavy (non-hydrogen) atoms. The third kappa shape index (κ3) is 3.21. The monoisotopic (exact) mass is 347 g/mol. The number of fused-ring (bicyclic) bond motifs is 2. The molecule has 0 saturated heterocycles. The first-order valence-corrected chi connectivity index (χ1v) is 8.73. The van der Waals surface area contributed by atoms with Crippen molar-refractivity contribution in [2.75, 3.05) is 12.8 Å². The Morgan fingerprint density at radius 2 is 1.88 bits per heavy atom. The van der Waals surface area contributed by atoms with Gasteiger partial charge in [-0.3, -0.25) is 9.97 Å². The van der Waals surface area contributed by atoms with Crippen LogP contribution in [0.15, 0.2) is 49.1 Å². The second-order valence-electron chi connectivity index (χ2n) is 6.35. The molecule has 7 nitrogen and oxygen atoms in total. The first-order chi connectivity index (χ1) is 12.7. The summed E-state index contributed by atoms with van der Waals surface area (Å²) in [5.74, 6) is 0.254. The number of nitrogens with two attached hydrogens (primary N) is 1. The van der Waals surface area contributed by atoms with Gasteiger partial charge in [0.2, 0.25) is 5.95 Å². The summed E-state index contributed by atoms with van der Waals surface area (Å²) in [6.07, 6.45) is 11.2. The van der Waals surface area contributed by atoms with Gasteiger partial charge >= 0.3 is 0 Å². The topological polar surface area (TPSA) is 94.0 Å². The normalized spacial score (nSPS) is 14.0. The Morgan fingerprint density at radius 3 is 2.58 bits per heavy atom. The molecule has 132 valence electrons. The quantitative estimate of drug-likeness (QED) is 0.579. The lowest BCUT2D eigenvalue weighted by atomic mass is 9.94. The van der Waals surface area contributed by atoms with Gasteiger partial charge in [-0.1, -0.05) is 12.5 Å². The molecule has 0 bridgehead atoms. The molecule has 3 heterocycles. The van der Waals surface area contributed by atoms with Crippen molar-refractivity contribution in [1.29, 1.82) is 0 Å². The van der Waals surface area contributed by atoms with Gasteiger partial charge < -0.3 is 11.1 Å². The lowest BCUT2D eigenvalue weighted by Crippen LogP contribution is -2.31. The number of anilines is 1. The van der Waals surface area contributed by atoms with Crippen molar-refractivity contribution in [1.82, 2.24) is 29.9 Å². The fourth-order valence-corrected chi connectivity index (χ4v) is 2.99. The van der Waals surface area contributed by atoms with Gasteiger partial charge in [0.25, 0.3) is 0 Å². The highest BCUT2D eigenvalue weighted by Crippen LogP contribution is 2.27. The second kappa shape index (κ2) is 7.05. The van der Waals surface area contributed by atoms with Crippen molar-refractivity contribution in [3.8, 4) is 11.1 Å². The van der Waals surface area contributed by atoms with Crippen LogP contribution >= 0.6 is 0 Å². The van der Waals surface area contributed by atoms with E-state index in [0.29, 0.717) is 0 Å². The van der Waals surface area contributed by atoms with E-state index in [-0.39, 0.29) is 5.95 Å². The van der Waals surface area contributed by atoms with Gasteiger partial charge in [-0.15, -0.1) is 5.10 Å². The summed E-state index contributed by atoms with van der Waals surface area (Å²) in [6.45, 7) is 0. The molecule has 4 aromatic rings. The minimum Gasteiger partial charge on any atom is -0.367 e. The van der Waals surface area contributed by atoms with Gasteiger partial charge in [-0.25, -0.2) is 9.50 Å². The molecule has 0 atom stereocenters. The van der Waals surface area contributed by atoms with Gasteiger partial charge in [0.1, 0.15) is 0 Å². The number of nitrogens with one attached hydrogen (secondary N) is 1. The number of rotatable bonds is 2. The summed E-state index contributed by atoms with van der Waals surface area (Å²) < 4.78 is 1.72. The molecule has 0 amide bonds. The molecule has 1 aliphatic rings. The zero-order chi connectivity index (χ0) is 17.9. The van der Waals surface area contributed by atoms with Crippen LogP contribution in [-0.4, -0.2) is 37.7 Å². The van der Waals surface area contributed by atoms with E-state index in [9.17, 15) is 0 Å². The third-order valence-electron chi connectivity index (χ3n) is 4.73. The highest BCUT2D eigenvalue weighted by molar-refractivity contribution is 5.86. The van der Waals surface area contributed by atoms with Crippen molar-refractivity contribution < 1.29 is 0 Å². The minimum absolute atomic E-state index is 0.254. The number of benzene rings is 1. The Morgan fingerprint density at radius 1 is 1.08 bits per heavy atom. The van der Waals surface area contributed by atoms with Crippen LogP contribution in [0.5, 0.6) is 0 Å². The summed E-state index contributed by atoms with van der Waals surface area (Å²) in [7, 11) is 2.03. The molecule has 1 saturated carbocycles. The molecule has 0 aliphatic heterocycles. The average molecular weight is 347 g/mol. The van der Waals surface area contributed by atoms with Crippen LogP contribution in [0.3, 0.4) is 0 Å². The molecule has 0 radical (unpaired) electrons. The highest BCUT2D eigenvalue weighted by Gasteiger charge is 2.13. The predicted octanol–water partition coefficient (Wildman–Crippen LogP) is 2.68. The van der Waals surface area contributed by atoms with E-state index in [0.717, 1.165) is 33.7 Å². The fraction of sp³-hybridized carbons (Fsp3) is 0.263. The van der Waals surface area contributed by atoms with Crippen LogP contribution in [0, 0.1) is 0 Å². The van der Waals surface area contributed by atoms with Crippen LogP contribution in [0.2, 0.25) is 0 Å². The van der Waals surface area contributed by atoms with Crippen LogP contribution in [0.1, 0.15) is 19.3 Å².